The summed E-state index contributed by atoms with van der Waals surface area (Å²) in [4.78, 5) is 21.4. The van der Waals surface area contributed by atoms with Gasteiger partial charge < -0.3 is 9.80 Å². The Morgan fingerprint density at radius 2 is 1.86 bits per heavy atom. The lowest BCUT2D eigenvalue weighted by molar-refractivity contribution is 0.0980. The van der Waals surface area contributed by atoms with Gasteiger partial charge in [-0.05, 0) is 49.1 Å². The number of likely N-dealkylation sites (N-methyl/N-ethyl adjacent to an activating group) is 1. The van der Waals surface area contributed by atoms with E-state index in [9.17, 15) is 9.18 Å². The molecule has 152 valence electrons. The van der Waals surface area contributed by atoms with Crippen LogP contribution in [0.1, 0.15) is 37.0 Å². The third-order valence-corrected chi connectivity index (χ3v) is 4.81. The number of carbonyl (C=O) groups excluding carboxylic acids is 1. The largest absolute Gasteiger partial charge is 0.369 e. The fourth-order valence-corrected chi connectivity index (χ4v) is 3.35. The summed E-state index contributed by atoms with van der Waals surface area (Å²) in [7, 11) is 2.01. The number of anilines is 2. The molecule has 0 fully saturated rings. The van der Waals surface area contributed by atoms with E-state index in [2.05, 4.69) is 16.0 Å². The lowest BCUT2D eigenvalue weighted by Gasteiger charge is -2.27. The summed E-state index contributed by atoms with van der Waals surface area (Å²) in [5.74, 6) is -0.577. The first-order chi connectivity index (χ1) is 14.0. The number of amides is 1. The first-order valence-corrected chi connectivity index (χ1v) is 10.0. The minimum atomic E-state index is -0.498. The molecule has 1 amide bonds. The first kappa shape index (κ1) is 20.8. The maximum Gasteiger partial charge on any atom is 0.261 e. The minimum absolute atomic E-state index is 0.0913. The number of hydrogen-bond donors (Lipinski definition) is 0. The molecule has 0 saturated carbocycles. The fraction of sp³-hybridized carbons (Fsp3) is 0.333. The number of halogens is 1. The van der Waals surface area contributed by atoms with Crippen molar-refractivity contribution in [2.24, 2.45) is 10.9 Å². The molecule has 3 rings (SSSR count). The summed E-state index contributed by atoms with van der Waals surface area (Å²) < 4.78 is 14.2. The molecule has 0 bridgehead atoms. The van der Waals surface area contributed by atoms with Crippen LogP contribution in [0.15, 0.2) is 65.3 Å². The summed E-state index contributed by atoms with van der Waals surface area (Å²) in [6, 6.07) is 14.0. The molecule has 0 aromatic heterocycles. The van der Waals surface area contributed by atoms with Crippen molar-refractivity contribution in [3.8, 4) is 0 Å². The molecule has 4 nitrogen and oxygen atoms in total. The van der Waals surface area contributed by atoms with Crippen LogP contribution in [0.4, 0.5) is 15.8 Å². The van der Waals surface area contributed by atoms with Crippen molar-refractivity contribution < 1.29 is 9.18 Å². The van der Waals surface area contributed by atoms with Crippen LogP contribution < -0.4 is 9.80 Å². The highest BCUT2D eigenvalue weighted by atomic mass is 19.1. The second-order valence-electron chi connectivity index (χ2n) is 7.75. The van der Waals surface area contributed by atoms with E-state index in [1.807, 2.05) is 51.4 Å². The molecule has 0 radical (unpaired) electrons. The number of nitrogens with zero attached hydrogens (tertiary/aromatic N) is 3. The zero-order valence-electron chi connectivity index (χ0n) is 17.3. The van der Waals surface area contributed by atoms with Gasteiger partial charge in [0.2, 0.25) is 0 Å². The molecule has 0 aliphatic carbocycles. The zero-order chi connectivity index (χ0) is 20.8. The molecule has 29 heavy (non-hydrogen) atoms. The van der Waals surface area contributed by atoms with Gasteiger partial charge in [-0.25, -0.2) is 4.39 Å². The van der Waals surface area contributed by atoms with E-state index >= 15 is 0 Å². The van der Waals surface area contributed by atoms with E-state index in [1.165, 1.54) is 12.1 Å². The molecule has 2 aromatic rings. The van der Waals surface area contributed by atoms with Crippen LogP contribution >= 0.6 is 0 Å². The van der Waals surface area contributed by atoms with Gasteiger partial charge in [0, 0.05) is 31.2 Å². The maximum atomic E-state index is 14.2. The van der Waals surface area contributed by atoms with Crippen LogP contribution in [0, 0.1) is 11.7 Å². The van der Waals surface area contributed by atoms with Crippen molar-refractivity contribution in [2.75, 3.05) is 29.9 Å². The second kappa shape index (κ2) is 9.50. The Bertz CT molecular complexity index is 920. The molecular formula is C24H28FN3O. The average molecular weight is 394 g/mol. The number of hydrogen-bond acceptors (Lipinski definition) is 3. The summed E-state index contributed by atoms with van der Waals surface area (Å²) in [5.41, 5.74) is 2.89. The van der Waals surface area contributed by atoms with Crippen molar-refractivity contribution in [3.63, 3.8) is 0 Å². The van der Waals surface area contributed by atoms with Crippen LogP contribution in [0.5, 0.6) is 0 Å². The predicted molar refractivity (Wildman–Crippen MR) is 118 cm³/mol. The van der Waals surface area contributed by atoms with Gasteiger partial charge in [0.1, 0.15) is 5.82 Å². The van der Waals surface area contributed by atoms with Crippen LogP contribution in [0.3, 0.4) is 0 Å². The SMILES string of the molecule is CC(C)CN(C(=O)c1ccccc1F)c1cccc(N(C)CC2=CCCC=N2)c1. The molecule has 1 aliphatic rings. The maximum absolute atomic E-state index is 14.2. The summed E-state index contributed by atoms with van der Waals surface area (Å²) in [6.45, 7) is 5.30. The number of carbonyl (C=O) groups is 1. The van der Waals surface area contributed by atoms with Crippen molar-refractivity contribution >= 4 is 23.5 Å². The molecule has 0 N–H and O–H groups in total. The van der Waals surface area contributed by atoms with E-state index in [1.54, 1.807) is 17.0 Å². The molecule has 0 atom stereocenters. The van der Waals surface area contributed by atoms with Gasteiger partial charge in [-0.3, -0.25) is 9.79 Å². The van der Waals surface area contributed by atoms with Crippen molar-refractivity contribution in [1.29, 1.82) is 0 Å². The Balaban J connectivity index is 1.87. The van der Waals surface area contributed by atoms with Gasteiger partial charge in [-0.1, -0.05) is 38.1 Å². The minimum Gasteiger partial charge on any atom is -0.369 e. The Morgan fingerprint density at radius 1 is 1.10 bits per heavy atom. The summed E-state index contributed by atoms with van der Waals surface area (Å²) in [6.07, 6.45) is 6.13. The van der Waals surface area contributed by atoms with Gasteiger partial charge in [0.15, 0.2) is 0 Å². The van der Waals surface area contributed by atoms with Crippen LogP contribution in [0.2, 0.25) is 0 Å². The Labute approximate surface area is 172 Å². The van der Waals surface area contributed by atoms with Crippen molar-refractivity contribution in [1.82, 2.24) is 0 Å². The standard InChI is InChI=1S/C24H28FN3O/c1-18(2)16-28(24(29)22-12-4-5-13-23(22)25)21-11-8-10-20(15-21)27(3)17-19-9-6-7-14-26-19/h4-5,8-15,18H,6-7,16-17H2,1-3H3. The normalized spacial score (nSPS) is 13.3. The second-order valence-corrected chi connectivity index (χ2v) is 7.75. The van der Waals surface area contributed by atoms with Gasteiger partial charge in [-0.2, -0.15) is 0 Å². The quantitative estimate of drug-likeness (QED) is 0.639. The molecule has 5 heteroatoms. The topological polar surface area (TPSA) is 35.9 Å². The zero-order valence-corrected chi connectivity index (χ0v) is 17.3. The van der Waals surface area contributed by atoms with Crippen molar-refractivity contribution in [2.45, 2.75) is 26.7 Å². The Morgan fingerprint density at radius 3 is 2.55 bits per heavy atom. The van der Waals surface area contributed by atoms with Crippen molar-refractivity contribution in [3.05, 3.63) is 71.7 Å². The van der Waals surface area contributed by atoms with E-state index in [0.29, 0.717) is 13.1 Å². The summed E-state index contributed by atoms with van der Waals surface area (Å²) in [5, 5.41) is 0. The Hall–Kier alpha value is -2.95. The average Bonchev–Trinajstić information content (AvgIpc) is 2.72. The fourth-order valence-electron chi connectivity index (χ4n) is 3.35. The number of allylic oxidation sites excluding steroid dienone is 1. The highest BCUT2D eigenvalue weighted by molar-refractivity contribution is 6.06. The van der Waals surface area contributed by atoms with Crippen LogP contribution in [-0.2, 0) is 0 Å². The third kappa shape index (κ3) is 5.31. The molecule has 1 heterocycles. The highest BCUT2D eigenvalue weighted by Crippen LogP contribution is 2.26. The molecule has 0 unspecified atom stereocenters. The molecular weight excluding hydrogens is 365 g/mol. The Kier molecular flexibility index (Phi) is 6.81. The number of benzene rings is 2. The molecule has 1 aliphatic heterocycles. The van der Waals surface area contributed by atoms with Gasteiger partial charge in [0.25, 0.3) is 5.91 Å². The monoisotopic (exact) mass is 393 g/mol. The van der Waals surface area contributed by atoms with Crippen LogP contribution in [-0.4, -0.2) is 32.3 Å². The lowest BCUT2D eigenvalue weighted by Crippen LogP contribution is -2.35. The van der Waals surface area contributed by atoms with E-state index in [0.717, 1.165) is 29.9 Å². The molecule has 0 saturated heterocycles. The lowest BCUT2D eigenvalue weighted by atomic mass is 10.1. The summed E-state index contributed by atoms with van der Waals surface area (Å²) >= 11 is 0. The number of rotatable bonds is 7. The number of aliphatic imine (C=N–C) groups is 1. The highest BCUT2D eigenvalue weighted by Gasteiger charge is 2.22. The van der Waals surface area contributed by atoms with Gasteiger partial charge in [0.05, 0.1) is 17.8 Å². The van der Waals surface area contributed by atoms with Crippen LogP contribution in [0.25, 0.3) is 0 Å². The molecule has 2 aromatic carbocycles. The molecule has 0 spiro atoms. The van der Waals surface area contributed by atoms with Gasteiger partial charge in [-0.15, -0.1) is 0 Å². The van der Waals surface area contributed by atoms with Gasteiger partial charge >= 0.3 is 0 Å². The van der Waals surface area contributed by atoms with E-state index in [-0.39, 0.29) is 17.4 Å². The smallest absolute Gasteiger partial charge is 0.261 e. The predicted octanol–water partition coefficient (Wildman–Crippen LogP) is 5.31. The third-order valence-electron chi connectivity index (χ3n) is 4.81. The first-order valence-electron chi connectivity index (χ1n) is 10.0. The van der Waals surface area contributed by atoms with E-state index in [4.69, 9.17) is 0 Å². The van der Waals surface area contributed by atoms with E-state index < -0.39 is 5.82 Å².